The third-order valence-electron chi connectivity index (χ3n) is 3.87. The Morgan fingerprint density at radius 3 is 2.79 bits per heavy atom. The van der Waals surface area contributed by atoms with Gasteiger partial charge in [0.05, 0.1) is 12.2 Å². The van der Waals surface area contributed by atoms with Gasteiger partial charge >= 0.3 is 0 Å². The van der Waals surface area contributed by atoms with Gasteiger partial charge in [-0.2, -0.15) is 0 Å². The average Bonchev–Trinajstić information content (AvgIpc) is 2.49. The lowest BCUT2D eigenvalue weighted by molar-refractivity contribution is -0.122. The highest BCUT2D eigenvalue weighted by molar-refractivity contribution is 5.99. The summed E-state index contributed by atoms with van der Waals surface area (Å²) in [7, 11) is 0. The van der Waals surface area contributed by atoms with Gasteiger partial charge in [-0.3, -0.25) is 9.59 Å². The molecule has 0 fully saturated rings. The van der Waals surface area contributed by atoms with Crippen LogP contribution in [-0.4, -0.2) is 40.7 Å². The number of rotatable bonds is 0. The lowest BCUT2D eigenvalue weighted by Gasteiger charge is -2.18. The average molecular weight is 333 g/mol. The maximum atomic E-state index is 12.5. The van der Waals surface area contributed by atoms with E-state index in [1.165, 1.54) is 18.2 Å². The Morgan fingerprint density at radius 2 is 2.04 bits per heavy atom. The fourth-order valence-corrected chi connectivity index (χ4v) is 2.60. The van der Waals surface area contributed by atoms with Crippen molar-refractivity contribution >= 4 is 11.7 Å². The highest BCUT2D eigenvalue weighted by Crippen LogP contribution is 2.28. The van der Waals surface area contributed by atoms with Gasteiger partial charge < -0.3 is 20.3 Å². The van der Waals surface area contributed by atoms with Gasteiger partial charge in [-0.25, -0.2) is 0 Å². The van der Waals surface area contributed by atoms with Crippen LogP contribution < -0.4 is 10.1 Å². The largest absolute Gasteiger partial charge is 0.508 e. The molecule has 0 radical (unpaired) electrons. The van der Waals surface area contributed by atoms with E-state index in [2.05, 4.69) is 5.32 Å². The summed E-state index contributed by atoms with van der Waals surface area (Å²) in [6.45, 7) is 3.79. The van der Waals surface area contributed by atoms with Gasteiger partial charge in [-0.15, -0.1) is 0 Å². The highest BCUT2D eigenvalue weighted by Gasteiger charge is 2.20. The van der Waals surface area contributed by atoms with Gasteiger partial charge in [0.15, 0.2) is 5.78 Å². The van der Waals surface area contributed by atoms with Crippen LogP contribution in [0.25, 0.3) is 0 Å². The molecule has 1 aliphatic rings. The second-order valence-corrected chi connectivity index (χ2v) is 6.06. The number of fused-ring (bicyclic) bond motifs is 1. The van der Waals surface area contributed by atoms with Crippen molar-refractivity contribution in [1.29, 1.82) is 0 Å². The molecular formula is C18H23NO5. The molecule has 130 valence electrons. The summed E-state index contributed by atoms with van der Waals surface area (Å²) < 4.78 is 5.62. The number of nitrogens with one attached hydrogen (secondary N) is 1. The minimum atomic E-state index is -1.05. The number of benzene rings is 1. The van der Waals surface area contributed by atoms with E-state index in [4.69, 9.17) is 4.74 Å². The fourth-order valence-electron chi connectivity index (χ4n) is 2.60. The molecule has 6 heteroatoms. The lowest BCUT2D eigenvalue weighted by Crippen LogP contribution is -2.33. The monoisotopic (exact) mass is 333 g/mol. The molecule has 2 atom stereocenters. The maximum absolute atomic E-state index is 12.5. The number of ether oxygens (including phenoxy) is 1. The smallest absolute Gasteiger partial charge is 0.255 e. The van der Waals surface area contributed by atoms with E-state index in [1.54, 1.807) is 13.0 Å². The number of aliphatic hydroxyl groups is 1. The third-order valence-corrected chi connectivity index (χ3v) is 3.87. The van der Waals surface area contributed by atoms with Crippen LogP contribution in [0.2, 0.25) is 0 Å². The van der Waals surface area contributed by atoms with Crippen LogP contribution in [0.5, 0.6) is 11.5 Å². The molecule has 0 saturated carbocycles. The molecular weight excluding hydrogens is 310 g/mol. The van der Waals surface area contributed by atoms with Crippen LogP contribution in [0, 0.1) is 6.92 Å². The highest BCUT2D eigenvalue weighted by atomic mass is 16.5. The molecule has 24 heavy (non-hydrogen) atoms. The second kappa shape index (κ2) is 7.97. The van der Waals surface area contributed by atoms with E-state index >= 15 is 0 Å². The van der Waals surface area contributed by atoms with E-state index < -0.39 is 6.10 Å². The predicted octanol–water partition coefficient (Wildman–Crippen LogP) is 1.87. The minimum Gasteiger partial charge on any atom is -0.508 e. The van der Waals surface area contributed by atoms with Crippen molar-refractivity contribution < 1.29 is 24.5 Å². The van der Waals surface area contributed by atoms with Gasteiger partial charge in [-0.05, 0) is 50.8 Å². The molecule has 0 aliphatic carbocycles. The molecule has 3 N–H and O–H groups in total. The molecule has 6 nitrogen and oxygen atoms in total. The van der Waals surface area contributed by atoms with Crippen molar-refractivity contribution in [3.63, 3.8) is 0 Å². The Morgan fingerprint density at radius 1 is 1.29 bits per heavy atom. The molecule has 1 aliphatic heterocycles. The zero-order valence-electron chi connectivity index (χ0n) is 13.9. The number of phenolic OH excluding ortho intramolecular Hbond substituents is 1. The minimum absolute atomic E-state index is 0.0198. The molecule has 2 unspecified atom stereocenters. The molecule has 1 aromatic rings. The molecule has 0 spiro atoms. The SMILES string of the molecule is Cc1cc(O)cc2c1C(=O)NC(C)C/C=C\C(=O)C(O)CCCO2. The van der Waals surface area contributed by atoms with Crippen LogP contribution in [0.1, 0.15) is 42.1 Å². The number of ketones is 1. The molecule has 0 bridgehead atoms. The predicted molar refractivity (Wildman–Crippen MR) is 89.3 cm³/mol. The van der Waals surface area contributed by atoms with Crippen molar-refractivity contribution in [3.8, 4) is 11.5 Å². The Kier molecular flexibility index (Phi) is 5.98. The van der Waals surface area contributed by atoms with Crippen LogP contribution in [0.3, 0.4) is 0 Å². The lowest BCUT2D eigenvalue weighted by atomic mass is 10.0. The summed E-state index contributed by atoms with van der Waals surface area (Å²) in [6, 6.07) is 2.72. The van der Waals surface area contributed by atoms with Crippen molar-refractivity contribution in [1.82, 2.24) is 5.32 Å². The number of amides is 1. The number of aliphatic hydroxyl groups excluding tert-OH is 1. The summed E-state index contributed by atoms with van der Waals surface area (Å²) in [5.41, 5.74) is 1.00. The van der Waals surface area contributed by atoms with Gasteiger partial charge in [-0.1, -0.05) is 6.08 Å². The summed E-state index contributed by atoms with van der Waals surface area (Å²) >= 11 is 0. The molecule has 1 aromatic carbocycles. The molecule has 2 rings (SSSR count). The Bertz CT molecular complexity index is 653. The fraction of sp³-hybridized carbons (Fsp3) is 0.444. The Labute approximate surface area is 141 Å². The van der Waals surface area contributed by atoms with E-state index in [1.807, 2.05) is 6.92 Å². The first-order chi connectivity index (χ1) is 11.4. The number of hydrogen-bond acceptors (Lipinski definition) is 5. The van der Waals surface area contributed by atoms with Crippen LogP contribution in [0.4, 0.5) is 0 Å². The third kappa shape index (κ3) is 4.58. The molecule has 1 heterocycles. The van der Waals surface area contributed by atoms with Crippen LogP contribution in [0.15, 0.2) is 24.3 Å². The van der Waals surface area contributed by atoms with Crippen molar-refractivity contribution in [2.24, 2.45) is 0 Å². The summed E-state index contributed by atoms with van der Waals surface area (Å²) in [4.78, 5) is 24.3. The second-order valence-electron chi connectivity index (χ2n) is 6.06. The van der Waals surface area contributed by atoms with Crippen molar-refractivity contribution in [2.75, 3.05) is 6.61 Å². The molecule has 0 saturated heterocycles. The number of carbonyl (C=O) groups is 2. The number of aromatic hydroxyl groups is 1. The number of carbonyl (C=O) groups excluding carboxylic acids is 2. The zero-order valence-corrected chi connectivity index (χ0v) is 13.9. The summed E-state index contributed by atoms with van der Waals surface area (Å²) in [6.07, 6.45) is 3.16. The first-order valence-electron chi connectivity index (χ1n) is 8.04. The zero-order chi connectivity index (χ0) is 17.7. The maximum Gasteiger partial charge on any atom is 0.255 e. The number of aryl methyl sites for hydroxylation is 1. The first-order valence-corrected chi connectivity index (χ1v) is 8.04. The van der Waals surface area contributed by atoms with Gasteiger partial charge in [0.2, 0.25) is 0 Å². The molecule has 0 aromatic heterocycles. The number of hydrogen-bond donors (Lipinski definition) is 3. The summed E-state index contributed by atoms with van der Waals surface area (Å²) in [5.74, 6) is -0.316. The van der Waals surface area contributed by atoms with Gasteiger partial charge in [0.1, 0.15) is 17.6 Å². The van der Waals surface area contributed by atoms with Crippen molar-refractivity contribution in [3.05, 3.63) is 35.4 Å². The Hall–Kier alpha value is -2.34. The van der Waals surface area contributed by atoms with E-state index in [0.717, 1.165) is 0 Å². The van der Waals surface area contributed by atoms with Crippen LogP contribution in [-0.2, 0) is 4.79 Å². The topological polar surface area (TPSA) is 95.9 Å². The first kappa shape index (κ1) is 18.0. The normalized spacial score (nSPS) is 24.3. The Balaban J connectivity index is 2.30. The van der Waals surface area contributed by atoms with E-state index in [0.29, 0.717) is 29.7 Å². The van der Waals surface area contributed by atoms with E-state index in [9.17, 15) is 19.8 Å². The van der Waals surface area contributed by atoms with Crippen LogP contribution >= 0.6 is 0 Å². The van der Waals surface area contributed by atoms with E-state index in [-0.39, 0.29) is 36.5 Å². The summed E-state index contributed by atoms with van der Waals surface area (Å²) in [5, 5.41) is 22.4. The number of phenols is 1. The standard InChI is InChI=1S/C18H23NO5/c1-11-9-13(20)10-16-17(11)18(23)19-12(2)5-3-6-14(21)15(22)7-4-8-24-16/h3,6,9-10,12,15,20,22H,4-5,7-8H2,1-2H3,(H,19,23)/b6-3-. The van der Waals surface area contributed by atoms with Crippen molar-refractivity contribution in [2.45, 2.75) is 45.3 Å². The van der Waals surface area contributed by atoms with Gasteiger partial charge in [0.25, 0.3) is 5.91 Å². The molecule has 1 amide bonds. The quantitative estimate of drug-likeness (QED) is 0.673. The van der Waals surface area contributed by atoms with Gasteiger partial charge in [0, 0.05) is 12.1 Å².